The number of rotatable bonds is 4. The predicted molar refractivity (Wildman–Crippen MR) is 87.2 cm³/mol. The average molecular weight is 347 g/mol. The second-order valence-electron chi connectivity index (χ2n) is 4.93. The number of fused-ring (bicyclic) bond motifs is 1. The zero-order valence-electron chi connectivity index (χ0n) is 12.6. The van der Waals surface area contributed by atoms with Crippen LogP contribution in [-0.2, 0) is 9.84 Å². The molecular weight excluding hydrogens is 334 g/mol. The molecule has 0 atom stereocenters. The van der Waals surface area contributed by atoms with Crippen LogP contribution in [0.5, 0.6) is 0 Å². The molecule has 7 nitrogen and oxygen atoms in total. The molecule has 0 unspecified atom stereocenters. The van der Waals surface area contributed by atoms with Crippen LogP contribution < -0.4 is 5.63 Å². The van der Waals surface area contributed by atoms with Gasteiger partial charge in [0.2, 0.25) is 0 Å². The third-order valence-corrected chi connectivity index (χ3v) is 5.10. The maximum atomic E-state index is 11.9. The number of nitrogens with zero attached hydrogens (tertiary/aromatic N) is 1. The lowest BCUT2D eigenvalue weighted by molar-refractivity contribution is 0.461. The summed E-state index contributed by atoms with van der Waals surface area (Å²) in [5.41, 5.74) is -0.568. The van der Waals surface area contributed by atoms with Crippen molar-refractivity contribution in [1.29, 1.82) is 0 Å². The van der Waals surface area contributed by atoms with Crippen molar-refractivity contribution in [1.82, 2.24) is 4.98 Å². The minimum atomic E-state index is -3.41. The number of furan rings is 1. The maximum Gasteiger partial charge on any atom is 0.362 e. The van der Waals surface area contributed by atoms with Gasteiger partial charge in [0, 0.05) is 6.08 Å². The summed E-state index contributed by atoms with van der Waals surface area (Å²) >= 11 is 0. The van der Waals surface area contributed by atoms with Gasteiger partial charge in [-0.15, -0.1) is 0 Å². The maximum absolute atomic E-state index is 11.9. The number of aliphatic hydroxyl groups is 1. The molecule has 0 spiro atoms. The fourth-order valence-electron chi connectivity index (χ4n) is 2.07. The van der Waals surface area contributed by atoms with Crippen molar-refractivity contribution in [3.8, 4) is 0 Å². The van der Waals surface area contributed by atoms with Gasteiger partial charge in [0.15, 0.2) is 32.6 Å². The van der Waals surface area contributed by atoms with Crippen LogP contribution in [0.3, 0.4) is 0 Å². The molecule has 124 valence electrons. The SMILES string of the molecule is CCS(=O)(=O)c1ccc2oc(=O)c(/C=C(\O)c3ccco3)nc2c1. The molecule has 24 heavy (non-hydrogen) atoms. The molecule has 0 aliphatic rings. The first-order chi connectivity index (χ1) is 11.4. The molecule has 0 saturated heterocycles. The van der Waals surface area contributed by atoms with E-state index in [4.69, 9.17) is 8.83 Å². The summed E-state index contributed by atoms with van der Waals surface area (Å²) in [6.07, 6.45) is 2.47. The summed E-state index contributed by atoms with van der Waals surface area (Å²) in [4.78, 5) is 16.1. The van der Waals surface area contributed by atoms with Crippen LogP contribution in [0.2, 0.25) is 0 Å². The van der Waals surface area contributed by atoms with Gasteiger partial charge >= 0.3 is 5.63 Å². The topological polar surface area (TPSA) is 111 Å². The highest BCUT2D eigenvalue weighted by Gasteiger charge is 2.14. The van der Waals surface area contributed by atoms with Crippen molar-refractivity contribution in [3.63, 3.8) is 0 Å². The summed E-state index contributed by atoms with van der Waals surface area (Å²) in [7, 11) is -3.41. The van der Waals surface area contributed by atoms with Crippen LogP contribution in [0.25, 0.3) is 22.9 Å². The molecule has 2 heterocycles. The summed E-state index contributed by atoms with van der Waals surface area (Å²) in [5, 5.41) is 9.93. The van der Waals surface area contributed by atoms with Gasteiger partial charge in [0.25, 0.3) is 0 Å². The third-order valence-electron chi connectivity index (χ3n) is 3.37. The molecule has 0 amide bonds. The van der Waals surface area contributed by atoms with Crippen molar-refractivity contribution in [2.75, 3.05) is 5.75 Å². The Hall–Kier alpha value is -2.87. The highest BCUT2D eigenvalue weighted by molar-refractivity contribution is 7.91. The normalized spacial score (nSPS) is 12.6. The van der Waals surface area contributed by atoms with Crippen LogP contribution in [0, 0.1) is 0 Å². The quantitative estimate of drug-likeness (QED) is 0.722. The number of aliphatic hydroxyl groups excluding tert-OH is 1. The van der Waals surface area contributed by atoms with Gasteiger partial charge < -0.3 is 13.9 Å². The van der Waals surface area contributed by atoms with E-state index < -0.39 is 15.5 Å². The van der Waals surface area contributed by atoms with E-state index in [1.807, 2.05) is 0 Å². The molecule has 0 bridgehead atoms. The van der Waals surface area contributed by atoms with Crippen molar-refractivity contribution in [3.05, 3.63) is 58.5 Å². The van der Waals surface area contributed by atoms with E-state index in [0.29, 0.717) is 0 Å². The summed E-state index contributed by atoms with van der Waals surface area (Å²) < 4.78 is 34.0. The number of hydrogen-bond acceptors (Lipinski definition) is 7. The van der Waals surface area contributed by atoms with Crippen molar-refractivity contribution >= 4 is 32.8 Å². The molecule has 3 aromatic rings. The highest BCUT2D eigenvalue weighted by Crippen LogP contribution is 2.19. The van der Waals surface area contributed by atoms with Crippen molar-refractivity contribution in [2.24, 2.45) is 0 Å². The van der Waals surface area contributed by atoms with E-state index >= 15 is 0 Å². The smallest absolute Gasteiger partial charge is 0.362 e. The molecule has 0 aliphatic heterocycles. The number of sulfone groups is 1. The van der Waals surface area contributed by atoms with Crippen LogP contribution >= 0.6 is 0 Å². The van der Waals surface area contributed by atoms with Gasteiger partial charge in [0.05, 0.1) is 16.9 Å². The van der Waals surface area contributed by atoms with Crippen LogP contribution in [0.15, 0.2) is 55.1 Å². The highest BCUT2D eigenvalue weighted by atomic mass is 32.2. The molecule has 0 fully saturated rings. The molecule has 0 saturated carbocycles. The first-order valence-electron chi connectivity index (χ1n) is 7.03. The van der Waals surface area contributed by atoms with E-state index in [9.17, 15) is 18.3 Å². The van der Waals surface area contributed by atoms with Crippen molar-refractivity contribution in [2.45, 2.75) is 11.8 Å². The van der Waals surface area contributed by atoms with Crippen molar-refractivity contribution < 1.29 is 22.4 Å². The van der Waals surface area contributed by atoms with E-state index in [-0.39, 0.29) is 39.0 Å². The Labute approximate surface area is 136 Å². The predicted octanol–water partition coefficient (Wildman–Crippen LogP) is 2.63. The Bertz CT molecular complexity index is 1080. The second kappa shape index (κ2) is 5.97. The molecule has 3 rings (SSSR count). The number of aromatic nitrogens is 1. The Morgan fingerprint density at radius 3 is 2.79 bits per heavy atom. The van der Waals surface area contributed by atoms with Crippen LogP contribution in [0.4, 0.5) is 0 Å². The van der Waals surface area contributed by atoms with Gasteiger partial charge in [-0.2, -0.15) is 0 Å². The average Bonchev–Trinajstić information content (AvgIpc) is 3.09. The Kier molecular flexibility index (Phi) is 3.98. The van der Waals surface area contributed by atoms with E-state index in [1.54, 1.807) is 6.07 Å². The van der Waals surface area contributed by atoms with E-state index in [2.05, 4.69) is 4.98 Å². The lowest BCUT2D eigenvalue weighted by Gasteiger charge is -2.03. The first-order valence-corrected chi connectivity index (χ1v) is 8.68. The van der Waals surface area contributed by atoms with E-state index in [0.717, 1.165) is 6.08 Å². The third kappa shape index (κ3) is 2.95. The van der Waals surface area contributed by atoms with Gasteiger partial charge in [0.1, 0.15) is 5.52 Å². The lowest BCUT2D eigenvalue weighted by Crippen LogP contribution is -2.08. The van der Waals surface area contributed by atoms with Gasteiger partial charge in [-0.3, -0.25) is 0 Å². The minimum absolute atomic E-state index is 0.0542. The summed E-state index contributed by atoms with van der Waals surface area (Å²) in [6, 6.07) is 7.17. The van der Waals surface area contributed by atoms with Crippen LogP contribution in [0.1, 0.15) is 18.4 Å². The largest absolute Gasteiger partial charge is 0.504 e. The second-order valence-corrected chi connectivity index (χ2v) is 7.20. The van der Waals surface area contributed by atoms with Crippen LogP contribution in [-0.4, -0.2) is 24.3 Å². The summed E-state index contributed by atoms with van der Waals surface area (Å²) in [6.45, 7) is 1.54. The fourth-order valence-corrected chi connectivity index (χ4v) is 2.97. The first kappa shape index (κ1) is 16.0. The van der Waals surface area contributed by atoms with E-state index in [1.165, 1.54) is 37.5 Å². The zero-order valence-corrected chi connectivity index (χ0v) is 13.4. The molecule has 1 N–H and O–H groups in total. The number of hydrogen-bond donors (Lipinski definition) is 1. The molecule has 2 aromatic heterocycles. The molecule has 0 radical (unpaired) electrons. The van der Waals surface area contributed by atoms with Gasteiger partial charge in [-0.25, -0.2) is 18.2 Å². The standard InChI is InChI=1S/C16H13NO6S/c1-2-24(20,21)10-5-6-14-11(8-10)17-12(16(19)23-14)9-13(18)15-4-3-7-22-15/h3-9,18H,2H2,1H3/b13-9-. The zero-order chi connectivity index (χ0) is 17.3. The fraction of sp³-hybridized carbons (Fsp3) is 0.125. The molecule has 0 aliphatic carbocycles. The minimum Gasteiger partial charge on any atom is -0.504 e. The van der Waals surface area contributed by atoms with Gasteiger partial charge in [-0.05, 0) is 30.3 Å². The monoisotopic (exact) mass is 347 g/mol. The Balaban J connectivity index is 2.14. The molecule has 8 heteroatoms. The Morgan fingerprint density at radius 2 is 2.12 bits per heavy atom. The molecule has 1 aromatic carbocycles. The molecular formula is C16H13NO6S. The van der Waals surface area contributed by atoms with Gasteiger partial charge in [-0.1, -0.05) is 6.92 Å². The Morgan fingerprint density at radius 1 is 1.33 bits per heavy atom. The number of benzene rings is 1. The lowest BCUT2D eigenvalue weighted by atomic mass is 10.3. The summed E-state index contributed by atoms with van der Waals surface area (Å²) in [5.74, 6) is -0.184.